The Labute approximate surface area is 201 Å². The highest BCUT2D eigenvalue weighted by molar-refractivity contribution is 7.89. The lowest BCUT2D eigenvalue weighted by Crippen LogP contribution is -2.51. The van der Waals surface area contributed by atoms with Crippen molar-refractivity contribution in [2.75, 3.05) is 19.6 Å². The molecule has 0 radical (unpaired) electrons. The largest absolute Gasteiger partial charge is 0.375 e. The molecule has 2 aromatic rings. The van der Waals surface area contributed by atoms with Crippen LogP contribution in [0.5, 0.6) is 0 Å². The SMILES string of the molecule is NS(=O)(=O)c1ccc(CCN2CC3C(C2)C3NC(=O)C(O)(c2ccccc2)C2CCCC2)cc1. The Hall–Kier alpha value is -2.26. The van der Waals surface area contributed by atoms with Crippen molar-refractivity contribution in [3.8, 4) is 0 Å². The van der Waals surface area contributed by atoms with Crippen LogP contribution in [0.4, 0.5) is 0 Å². The Bertz CT molecular complexity index is 1120. The van der Waals surface area contributed by atoms with Crippen LogP contribution in [-0.4, -0.2) is 50.0 Å². The maximum Gasteiger partial charge on any atom is 0.257 e. The van der Waals surface area contributed by atoms with Crippen molar-refractivity contribution in [1.29, 1.82) is 0 Å². The number of carbonyl (C=O) groups is 1. The quantitative estimate of drug-likeness (QED) is 0.532. The molecule has 4 N–H and O–H groups in total. The number of piperidine rings is 1. The number of hydrogen-bond acceptors (Lipinski definition) is 5. The minimum atomic E-state index is -3.66. The molecule has 8 heteroatoms. The zero-order chi connectivity index (χ0) is 23.9. The van der Waals surface area contributed by atoms with Crippen LogP contribution in [0.15, 0.2) is 59.5 Å². The number of carbonyl (C=O) groups excluding carboxylic acids is 1. The van der Waals surface area contributed by atoms with Gasteiger partial charge in [0, 0.05) is 31.6 Å². The van der Waals surface area contributed by atoms with Crippen molar-refractivity contribution in [1.82, 2.24) is 10.2 Å². The lowest BCUT2D eigenvalue weighted by molar-refractivity contribution is -0.147. The summed E-state index contributed by atoms with van der Waals surface area (Å²) in [6.07, 6.45) is 4.70. The highest BCUT2D eigenvalue weighted by Crippen LogP contribution is 2.47. The summed E-state index contributed by atoms with van der Waals surface area (Å²) in [6, 6.07) is 16.3. The normalized spacial score (nSPS) is 26.7. The second kappa shape index (κ2) is 9.07. The summed E-state index contributed by atoms with van der Waals surface area (Å²) < 4.78 is 22.8. The van der Waals surface area contributed by atoms with Crippen molar-refractivity contribution in [2.24, 2.45) is 22.9 Å². The minimum Gasteiger partial charge on any atom is -0.375 e. The van der Waals surface area contributed by atoms with Crippen LogP contribution < -0.4 is 10.5 Å². The molecule has 34 heavy (non-hydrogen) atoms. The number of nitrogens with two attached hydrogens (primary N) is 1. The van der Waals surface area contributed by atoms with Gasteiger partial charge < -0.3 is 15.3 Å². The van der Waals surface area contributed by atoms with E-state index in [9.17, 15) is 18.3 Å². The first-order valence-electron chi connectivity index (χ1n) is 12.2. The molecular weight excluding hydrogens is 450 g/mol. The first kappa shape index (κ1) is 23.5. The second-order valence-corrected chi connectivity index (χ2v) is 11.7. The summed E-state index contributed by atoms with van der Waals surface area (Å²) in [5, 5.41) is 20.0. The van der Waals surface area contributed by atoms with E-state index in [2.05, 4.69) is 10.2 Å². The summed E-state index contributed by atoms with van der Waals surface area (Å²) in [7, 11) is -3.66. The fourth-order valence-corrected chi connectivity index (χ4v) is 6.51. The average Bonchev–Trinajstić information content (AvgIpc) is 3.25. The monoisotopic (exact) mass is 483 g/mol. The zero-order valence-corrected chi connectivity index (χ0v) is 20.1. The number of sulfonamides is 1. The lowest BCUT2D eigenvalue weighted by Gasteiger charge is -2.33. The van der Waals surface area contributed by atoms with E-state index in [1.807, 2.05) is 42.5 Å². The van der Waals surface area contributed by atoms with Gasteiger partial charge in [0.15, 0.2) is 5.60 Å². The maximum atomic E-state index is 13.4. The first-order valence-corrected chi connectivity index (χ1v) is 13.7. The Morgan fingerprint density at radius 2 is 1.65 bits per heavy atom. The standard InChI is InChI=1S/C26H33N3O4S/c27-34(32,33)21-12-10-18(11-13-21)14-15-29-16-22-23(17-29)24(22)28-25(30)26(31,20-8-4-5-9-20)19-6-2-1-3-7-19/h1-3,6-7,10-13,20,22-24,31H,4-5,8-9,14-17H2,(H,28,30)(H2,27,32,33). The highest BCUT2D eigenvalue weighted by atomic mass is 32.2. The highest BCUT2D eigenvalue weighted by Gasteiger charge is 2.58. The Morgan fingerprint density at radius 3 is 2.24 bits per heavy atom. The predicted octanol–water partition coefficient (Wildman–Crippen LogP) is 2.00. The number of nitrogens with one attached hydrogen (secondary N) is 1. The summed E-state index contributed by atoms with van der Waals surface area (Å²) in [5.74, 6) is 0.576. The number of benzene rings is 2. The van der Waals surface area contributed by atoms with E-state index in [0.717, 1.165) is 57.3 Å². The molecule has 0 aromatic heterocycles. The molecule has 2 aromatic carbocycles. The molecule has 2 aliphatic carbocycles. The van der Waals surface area contributed by atoms with Gasteiger partial charge in [0.25, 0.3) is 5.91 Å². The van der Waals surface area contributed by atoms with Crippen molar-refractivity contribution in [3.05, 3.63) is 65.7 Å². The molecule has 3 atom stereocenters. The molecule has 1 saturated heterocycles. The van der Waals surface area contributed by atoms with Crippen molar-refractivity contribution in [3.63, 3.8) is 0 Å². The molecule has 0 spiro atoms. The smallest absolute Gasteiger partial charge is 0.257 e. The lowest BCUT2D eigenvalue weighted by atomic mass is 9.79. The predicted molar refractivity (Wildman–Crippen MR) is 129 cm³/mol. The van der Waals surface area contributed by atoms with Crippen molar-refractivity contribution < 1.29 is 18.3 Å². The van der Waals surface area contributed by atoms with E-state index in [1.165, 1.54) is 0 Å². The van der Waals surface area contributed by atoms with Crippen LogP contribution >= 0.6 is 0 Å². The molecular formula is C26H33N3O4S. The summed E-state index contributed by atoms with van der Waals surface area (Å²) in [4.78, 5) is 15.9. The van der Waals surface area contributed by atoms with E-state index in [1.54, 1.807) is 12.1 Å². The fraction of sp³-hybridized carbons (Fsp3) is 0.500. The van der Waals surface area contributed by atoms with Crippen molar-refractivity contribution >= 4 is 15.9 Å². The van der Waals surface area contributed by atoms with Gasteiger partial charge in [0.05, 0.1) is 4.90 Å². The van der Waals surface area contributed by atoms with Gasteiger partial charge >= 0.3 is 0 Å². The third-order valence-corrected chi connectivity index (χ3v) is 8.97. The molecule has 5 rings (SSSR count). The molecule has 2 saturated carbocycles. The Morgan fingerprint density at radius 1 is 1.03 bits per heavy atom. The Kier molecular flexibility index (Phi) is 6.27. The molecule has 3 unspecified atom stereocenters. The average molecular weight is 484 g/mol. The van der Waals surface area contributed by atoms with Gasteiger partial charge in [-0.15, -0.1) is 0 Å². The molecule has 1 heterocycles. The van der Waals surface area contributed by atoms with E-state index in [0.29, 0.717) is 17.4 Å². The summed E-state index contributed by atoms with van der Waals surface area (Å²) >= 11 is 0. The molecule has 3 fully saturated rings. The van der Waals surface area contributed by atoms with Crippen LogP contribution in [0.3, 0.4) is 0 Å². The second-order valence-electron chi connectivity index (χ2n) is 10.1. The van der Waals surface area contributed by atoms with Gasteiger partial charge in [-0.2, -0.15) is 0 Å². The minimum absolute atomic E-state index is 0.0364. The van der Waals surface area contributed by atoms with Crippen LogP contribution in [-0.2, 0) is 26.8 Å². The van der Waals surface area contributed by atoms with Crippen molar-refractivity contribution in [2.45, 2.75) is 48.6 Å². The third-order valence-electron chi connectivity index (χ3n) is 8.04. The number of nitrogens with zero attached hydrogens (tertiary/aromatic N) is 1. The van der Waals surface area contributed by atoms with Gasteiger partial charge in [-0.3, -0.25) is 4.79 Å². The van der Waals surface area contributed by atoms with Gasteiger partial charge in [-0.1, -0.05) is 55.3 Å². The number of amides is 1. The van der Waals surface area contributed by atoms with Crippen LogP contribution in [0, 0.1) is 17.8 Å². The molecule has 3 aliphatic rings. The fourth-order valence-electron chi connectivity index (χ4n) is 5.99. The molecule has 7 nitrogen and oxygen atoms in total. The third kappa shape index (κ3) is 4.52. The molecule has 1 aliphatic heterocycles. The van der Waals surface area contributed by atoms with Crippen LogP contribution in [0.2, 0.25) is 0 Å². The van der Waals surface area contributed by atoms with E-state index >= 15 is 0 Å². The zero-order valence-electron chi connectivity index (χ0n) is 19.3. The maximum absolute atomic E-state index is 13.4. The van der Waals surface area contributed by atoms with E-state index in [4.69, 9.17) is 5.14 Å². The van der Waals surface area contributed by atoms with Gasteiger partial charge in [0.1, 0.15) is 0 Å². The molecule has 1 amide bonds. The molecule has 182 valence electrons. The van der Waals surface area contributed by atoms with Gasteiger partial charge in [-0.05, 0) is 54.4 Å². The van der Waals surface area contributed by atoms with Crippen LogP contribution in [0.1, 0.15) is 36.8 Å². The number of likely N-dealkylation sites (tertiary alicyclic amines) is 1. The Balaban J connectivity index is 1.15. The number of primary sulfonamides is 1. The number of aliphatic hydroxyl groups is 1. The number of fused-ring (bicyclic) bond motifs is 1. The van der Waals surface area contributed by atoms with Crippen LogP contribution in [0.25, 0.3) is 0 Å². The number of hydrogen-bond donors (Lipinski definition) is 3. The van der Waals surface area contributed by atoms with Gasteiger partial charge in [0.2, 0.25) is 10.0 Å². The summed E-state index contributed by atoms with van der Waals surface area (Å²) in [5.41, 5.74) is 0.305. The number of rotatable bonds is 8. The topological polar surface area (TPSA) is 113 Å². The molecule has 0 bridgehead atoms. The van der Waals surface area contributed by atoms with E-state index in [-0.39, 0.29) is 22.8 Å². The van der Waals surface area contributed by atoms with E-state index < -0.39 is 15.6 Å². The first-order chi connectivity index (χ1) is 16.3. The van der Waals surface area contributed by atoms with Gasteiger partial charge in [-0.25, -0.2) is 13.6 Å². The summed E-state index contributed by atoms with van der Waals surface area (Å²) in [6.45, 7) is 2.74.